The molecule has 0 saturated heterocycles. The third-order valence-corrected chi connectivity index (χ3v) is 3.00. The Morgan fingerprint density at radius 1 is 1.17 bits per heavy atom. The van der Waals surface area contributed by atoms with Crippen molar-refractivity contribution in [2.45, 2.75) is 5.38 Å². The number of alkyl halides is 1. The summed E-state index contributed by atoms with van der Waals surface area (Å²) in [5, 5.41) is 1.13. The van der Waals surface area contributed by atoms with E-state index >= 15 is 0 Å². The number of fused-ring (bicyclic) bond motifs is 1. The minimum Gasteiger partial charge on any atom is -0.112 e. The van der Waals surface area contributed by atoms with Gasteiger partial charge in [-0.1, -0.05) is 29.3 Å². The summed E-state index contributed by atoms with van der Waals surface area (Å²) in [6, 6.07) is 5.60. The number of rotatable bonds is 0. The predicted molar refractivity (Wildman–Crippen MR) is 53.9 cm³/mol. The van der Waals surface area contributed by atoms with Crippen LogP contribution in [0.3, 0.4) is 0 Å². The van der Waals surface area contributed by atoms with E-state index in [0.29, 0.717) is 10.1 Å². The van der Waals surface area contributed by atoms with Gasteiger partial charge in [-0.05, 0) is 29.3 Å². The Kier molecular flexibility index (Phi) is 2.07. The van der Waals surface area contributed by atoms with E-state index in [-0.39, 0.29) is 5.38 Å². The summed E-state index contributed by atoms with van der Waals surface area (Å²) in [6.45, 7) is 0. The number of hydrogen-bond donors (Lipinski definition) is 0. The van der Waals surface area contributed by atoms with E-state index in [9.17, 15) is 0 Å². The highest BCUT2D eigenvalue weighted by molar-refractivity contribution is 6.40. The van der Waals surface area contributed by atoms with Gasteiger partial charge >= 0.3 is 0 Å². The summed E-state index contributed by atoms with van der Waals surface area (Å²) in [7, 11) is 0. The first-order valence-corrected chi connectivity index (χ1v) is 4.68. The molecule has 0 nitrogen and oxygen atoms in total. The lowest BCUT2D eigenvalue weighted by Crippen LogP contribution is -1.85. The van der Waals surface area contributed by atoms with Crippen LogP contribution in [-0.4, -0.2) is 0 Å². The molecule has 1 aromatic rings. The predicted octanol–water partition coefficient (Wildman–Crippen LogP) is 4.21. The van der Waals surface area contributed by atoms with E-state index in [1.54, 1.807) is 0 Å². The summed E-state index contributed by atoms with van der Waals surface area (Å²) in [5.74, 6) is 0. The standard InChI is InChI=1S/C9H5Cl3/c10-6-2-1-5-3-8(11)9(12)7(5)4-6/h1-4,9H. The first-order valence-electron chi connectivity index (χ1n) is 3.49. The molecular weight excluding hydrogens is 214 g/mol. The molecule has 1 unspecified atom stereocenters. The molecule has 1 atom stereocenters. The Balaban J connectivity index is 2.57. The lowest BCUT2D eigenvalue weighted by molar-refractivity contribution is 1.23. The molecule has 0 fully saturated rings. The van der Waals surface area contributed by atoms with Gasteiger partial charge in [0.15, 0.2) is 0 Å². The van der Waals surface area contributed by atoms with Crippen LogP contribution in [0.4, 0.5) is 0 Å². The van der Waals surface area contributed by atoms with Crippen LogP contribution in [0.2, 0.25) is 5.02 Å². The molecule has 0 radical (unpaired) electrons. The molecule has 12 heavy (non-hydrogen) atoms. The van der Waals surface area contributed by atoms with Crippen molar-refractivity contribution in [2.75, 3.05) is 0 Å². The Bertz CT molecular complexity index is 355. The molecule has 1 aromatic carbocycles. The Morgan fingerprint density at radius 3 is 2.67 bits per heavy atom. The lowest BCUT2D eigenvalue weighted by Gasteiger charge is -2.03. The zero-order valence-corrected chi connectivity index (χ0v) is 8.29. The van der Waals surface area contributed by atoms with Gasteiger partial charge in [-0.25, -0.2) is 0 Å². The van der Waals surface area contributed by atoms with Crippen molar-refractivity contribution in [1.29, 1.82) is 0 Å². The molecule has 0 N–H and O–H groups in total. The molecule has 0 bridgehead atoms. The van der Waals surface area contributed by atoms with Gasteiger partial charge in [-0.15, -0.1) is 11.6 Å². The Morgan fingerprint density at radius 2 is 1.92 bits per heavy atom. The zero-order chi connectivity index (χ0) is 8.72. The molecule has 62 valence electrons. The van der Waals surface area contributed by atoms with Crippen LogP contribution in [0.25, 0.3) is 6.08 Å². The normalized spacial score (nSPS) is 20.6. The molecular formula is C9H5Cl3. The second-order valence-corrected chi connectivity index (χ2v) is 3.97. The summed E-state index contributed by atoms with van der Waals surface area (Å²) in [5.41, 5.74) is 2.05. The quantitative estimate of drug-likeness (QED) is 0.573. The maximum absolute atomic E-state index is 6.01. The van der Waals surface area contributed by atoms with Gasteiger partial charge in [0.05, 0.1) is 5.38 Å². The smallest absolute Gasteiger partial charge is 0.0947 e. The third-order valence-electron chi connectivity index (χ3n) is 1.86. The van der Waals surface area contributed by atoms with E-state index in [2.05, 4.69) is 0 Å². The topological polar surface area (TPSA) is 0 Å². The molecule has 0 spiro atoms. The molecule has 0 heterocycles. The average Bonchev–Trinajstić information content (AvgIpc) is 2.31. The maximum atomic E-state index is 6.01. The van der Waals surface area contributed by atoms with Crippen LogP contribution in [0, 0.1) is 0 Å². The van der Waals surface area contributed by atoms with Crippen LogP contribution in [-0.2, 0) is 0 Å². The summed E-state index contributed by atoms with van der Waals surface area (Å²) in [4.78, 5) is 0. The second kappa shape index (κ2) is 2.95. The molecule has 2 rings (SSSR count). The fraction of sp³-hybridized carbons (Fsp3) is 0.111. The van der Waals surface area contributed by atoms with Crippen LogP contribution in [0.5, 0.6) is 0 Å². The molecule has 0 aromatic heterocycles. The van der Waals surface area contributed by atoms with E-state index in [1.165, 1.54) is 0 Å². The first-order chi connectivity index (χ1) is 5.68. The highest BCUT2D eigenvalue weighted by Crippen LogP contribution is 2.41. The molecule has 0 aliphatic heterocycles. The molecule has 0 amide bonds. The van der Waals surface area contributed by atoms with Crippen molar-refractivity contribution >= 4 is 40.9 Å². The van der Waals surface area contributed by atoms with E-state index < -0.39 is 0 Å². The average molecular weight is 219 g/mol. The minimum atomic E-state index is -0.222. The van der Waals surface area contributed by atoms with Gasteiger partial charge in [0.1, 0.15) is 0 Å². The van der Waals surface area contributed by atoms with Gasteiger partial charge in [-0.2, -0.15) is 0 Å². The fourth-order valence-corrected chi connectivity index (χ4v) is 1.93. The minimum absolute atomic E-state index is 0.222. The van der Waals surface area contributed by atoms with Crippen molar-refractivity contribution in [2.24, 2.45) is 0 Å². The van der Waals surface area contributed by atoms with Crippen LogP contribution in [0.1, 0.15) is 16.5 Å². The van der Waals surface area contributed by atoms with Crippen molar-refractivity contribution < 1.29 is 0 Å². The van der Waals surface area contributed by atoms with Crippen molar-refractivity contribution in [1.82, 2.24) is 0 Å². The largest absolute Gasteiger partial charge is 0.112 e. The zero-order valence-electron chi connectivity index (χ0n) is 6.02. The van der Waals surface area contributed by atoms with Gasteiger partial charge < -0.3 is 0 Å². The molecule has 3 heteroatoms. The molecule has 1 aliphatic rings. The van der Waals surface area contributed by atoms with Crippen LogP contribution >= 0.6 is 34.8 Å². The number of allylic oxidation sites excluding steroid dienone is 1. The number of benzene rings is 1. The highest BCUT2D eigenvalue weighted by Gasteiger charge is 2.21. The number of halogens is 3. The van der Waals surface area contributed by atoms with Gasteiger partial charge in [0.2, 0.25) is 0 Å². The summed E-state index contributed by atoms with van der Waals surface area (Å²) in [6.07, 6.45) is 1.87. The first kappa shape index (κ1) is 8.43. The van der Waals surface area contributed by atoms with Crippen molar-refractivity contribution in [3.8, 4) is 0 Å². The molecule has 0 saturated carbocycles. The van der Waals surface area contributed by atoms with Crippen molar-refractivity contribution in [3.63, 3.8) is 0 Å². The summed E-state index contributed by atoms with van der Waals surface area (Å²) >= 11 is 17.7. The van der Waals surface area contributed by atoms with Gasteiger partial charge in [-0.3, -0.25) is 0 Å². The Hall–Kier alpha value is -0.170. The SMILES string of the molecule is ClC1=Cc2ccc(Cl)cc2C1Cl. The second-order valence-electron chi connectivity index (χ2n) is 2.67. The van der Waals surface area contributed by atoms with E-state index in [4.69, 9.17) is 34.8 Å². The van der Waals surface area contributed by atoms with Crippen molar-refractivity contribution in [3.05, 3.63) is 39.4 Å². The highest BCUT2D eigenvalue weighted by atomic mass is 35.5. The number of hydrogen-bond acceptors (Lipinski definition) is 0. The maximum Gasteiger partial charge on any atom is 0.0947 e. The molecule has 1 aliphatic carbocycles. The third kappa shape index (κ3) is 1.24. The van der Waals surface area contributed by atoms with E-state index in [1.807, 2.05) is 24.3 Å². The van der Waals surface area contributed by atoms with E-state index in [0.717, 1.165) is 11.1 Å². The summed E-state index contributed by atoms with van der Waals surface area (Å²) < 4.78 is 0. The van der Waals surface area contributed by atoms with Gasteiger partial charge in [0.25, 0.3) is 0 Å². The van der Waals surface area contributed by atoms with Crippen LogP contribution in [0.15, 0.2) is 23.2 Å². The van der Waals surface area contributed by atoms with Crippen LogP contribution < -0.4 is 0 Å². The van der Waals surface area contributed by atoms with Gasteiger partial charge in [0, 0.05) is 10.1 Å². The fourth-order valence-electron chi connectivity index (χ4n) is 1.27. The monoisotopic (exact) mass is 218 g/mol. The lowest BCUT2D eigenvalue weighted by atomic mass is 10.1. The Labute approximate surface area is 85.7 Å².